The maximum absolute atomic E-state index is 5.68. The van der Waals surface area contributed by atoms with Crippen molar-refractivity contribution in [3.8, 4) is 0 Å². The Balaban J connectivity index is 2.29. The number of aryl methyl sites for hydroxylation is 3. The zero-order chi connectivity index (χ0) is 13.8. The zero-order valence-corrected chi connectivity index (χ0v) is 11.6. The van der Waals surface area contributed by atoms with Crippen LogP contribution in [0.15, 0.2) is 30.6 Å². The van der Waals surface area contributed by atoms with Gasteiger partial charge >= 0.3 is 0 Å². The molecule has 19 heavy (non-hydrogen) atoms. The number of hydrazine groups is 1. The first kappa shape index (κ1) is 13.6. The molecule has 0 saturated heterocycles. The maximum atomic E-state index is 5.68. The Bertz CT molecular complexity index is 528. The molecule has 0 saturated carbocycles. The van der Waals surface area contributed by atoms with Gasteiger partial charge in [-0.2, -0.15) is 10.2 Å². The maximum Gasteiger partial charge on any atom is 0.0544 e. The monoisotopic (exact) mass is 256 g/mol. The fraction of sp³-hybridized carbons (Fsp3) is 0.333. The van der Waals surface area contributed by atoms with E-state index in [9.17, 15) is 0 Å². The Morgan fingerprint density at radius 1 is 1.16 bits per heavy atom. The van der Waals surface area contributed by atoms with Crippen molar-refractivity contribution in [2.24, 2.45) is 5.84 Å². The lowest BCUT2D eigenvalue weighted by Gasteiger charge is -2.19. The minimum atomic E-state index is 0.0515. The predicted molar refractivity (Wildman–Crippen MR) is 76.5 cm³/mol. The molecule has 0 bridgehead atoms. The van der Waals surface area contributed by atoms with Crippen LogP contribution >= 0.6 is 0 Å². The summed E-state index contributed by atoms with van der Waals surface area (Å²) >= 11 is 0. The highest BCUT2D eigenvalue weighted by Gasteiger charge is 2.14. The van der Waals surface area contributed by atoms with Crippen molar-refractivity contribution >= 4 is 0 Å². The van der Waals surface area contributed by atoms with Crippen LogP contribution in [0.2, 0.25) is 0 Å². The van der Waals surface area contributed by atoms with Crippen LogP contribution in [0.5, 0.6) is 0 Å². The lowest BCUT2D eigenvalue weighted by molar-refractivity contribution is 0.546. The molecule has 0 aliphatic rings. The molecular formula is C15H20N4. The smallest absolute Gasteiger partial charge is 0.0544 e. The molecule has 0 fully saturated rings. The largest absolute Gasteiger partial charge is 0.271 e. The third-order valence-electron chi connectivity index (χ3n) is 3.46. The van der Waals surface area contributed by atoms with E-state index in [2.05, 4.69) is 48.5 Å². The van der Waals surface area contributed by atoms with Crippen LogP contribution < -0.4 is 11.3 Å². The van der Waals surface area contributed by atoms with E-state index in [0.717, 1.165) is 12.0 Å². The number of benzene rings is 1. The molecule has 0 amide bonds. The highest BCUT2D eigenvalue weighted by Crippen LogP contribution is 2.23. The van der Waals surface area contributed by atoms with Crippen LogP contribution in [-0.4, -0.2) is 10.2 Å². The van der Waals surface area contributed by atoms with Gasteiger partial charge in [-0.05, 0) is 55.5 Å². The second-order valence-corrected chi connectivity index (χ2v) is 4.98. The molecule has 0 radical (unpaired) electrons. The quantitative estimate of drug-likeness (QED) is 0.650. The normalized spacial score (nSPS) is 12.4. The molecule has 0 aliphatic heterocycles. The third kappa shape index (κ3) is 3.16. The number of hydrogen-bond donors (Lipinski definition) is 2. The molecule has 0 aliphatic carbocycles. The highest BCUT2D eigenvalue weighted by molar-refractivity contribution is 5.38. The van der Waals surface area contributed by atoms with Crippen LogP contribution in [0, 0.1) is 20.8 Å². The van der Waals surface area contributed by atoms with Gasteiger partial charge in [-0.1, -0.05) is 17.7 Å². The number of nitrogens with one attached hydrogen (secondary N) is 1. The van der Waals surface area contributed by atoms with Gasteiger partial charge in [-0.3, -0.25) is 11.3 Å². The summed E-state index contributed by atoms with van der Waals surface area (Å²) in [5.41, 5.74) is 9.16. The third-order valence-corrected chi connectivity index (χ3v) is 3.46. The van der Waals surface area contributed by atoms with E-state index in [4.69, 9.17) is 5.84 Å². The molecule has 1 atom stereocenters. The van der Waals surface area contributed by atoms with Crippen molar-refractivity contribution in [3.63, 3.8) is 0 Å². The van der Waals surface area contributed by atoms with E-state index < -0.39 is 0 Å². The standard InChI is InChI=1S/C15H20N4/c1-10-6-11(2)14(12(3)7-10)8-15(19-16)13-4-5-17-18-9-13/h4-7,9,15,19H,8,16H2,1-3H3. The molecule has 1 heterocycles. The Morgan fingerprint density at radius 3 is 2.37 bits per heavy atom. The fourth-order valence-electron chi connectivity index (χ4n) is 2.52. The van der Waals surface area contributed by atoms with Gasteiger partial charge in [-0.25, -0.2) is 0 Å². The molecule has 2 aromatic rings. The number of rotatable bonds is 4. The first-order chi connectivity index (χ1) is 9.11. The second kappa shape index (κ2) is 5.91. The lowest BCUT2D eigenvalue weighted by Crippen LogP contribution is -2.30. The summed E-state index contributed by atoms with van der Waals surface area (Å²) in [6.45, 7) is 6.41. The van der Waals surface area contributed by atoms with Gasteiger partial charge in [0.25, 0.3) is 0 Å². The van der Waals surface area contributed by atoms with Crippen molar-refractivity contribution < 1.29 is 0 Å². The fourth-order valence-corrected chi connectivity index (χ4v) is 2.52. The molecule has 1 aromatic carbocycles. The van der Waals surface area contributed by atoms with E-state index in [-0.39, 0.29) is 6.04 Å². The van der Waals surface area contributed by atoms with Crippen molar-refractivity contribution in [2.45, 2.75) is 33.2 Å². The minimum Gasteiger partial charge on any atom is -0.271 e. The van der Waals surface area contributed by atoms with E-state index in [0.29, 0.717) is 0 Å². The highest BCUT2D eigenvalue weighted by atomic mass is 15.2. The average Bonchev–Trinajstić information content (AvgIpc) is 2.39. The van der Waals surface area contributed by atoms with E-state index in [1.54, 1.807) is 12.4 Å². The number of hydrogen-bond acceptors (Lipinski definition) is 4. The zero-order valence-electron chi connectivity index (χ0n) is 11.6. The number of nitrogens with two attached hydrogens (primary N) is 1. The molecule has 4 heteroatoms. The first-order valence-corrected chi connectivity index (χ1v) is 6.41. The van der Waals surface area contributed by atoms with Crippen molar-refractivity contribution in [3.05, 3.63) is 58.4 Å². The number of aromatic nitrogens is 2. The van der Waals surface area contributed by atoms with Gasteiger partial charge in [0, 0.05) is 6.20 Å². The van der Waals surface area contributed by atoms with Crippen LogP contribution in [0.4, 0.5) is 0 Å². The molecule has 4 nitrogen and oxygen atoms in total. The summed E-state index contributed by atoms with van der Waals surface area (Å²) in [6.07, 6.45) is 4.29. The Labute approximate surface area is 114 Å². The van der Waals surface area contributed by atoms with Gasteiger partial charge in [0.2, 0.25) is 0 Å². The van der Waals surface area contributed by atoms with Crippen molar-refractivity contribution in [2.75, 3.05) is 0 Å². The van der Waals surface area contributed by atoms with Gasteiger partial charge in [-0.15, -0.1) is 0 Å². The molecule has 100 valence electrons. The summed E-state index contributed by atoms with van der Waals surface area (Å²) in [5.74, 6) is 5.68. The van der Waals surface area contributed by atoms with Gasteiger partial charge in [0.15, 0.2) is 0 Å². The van der Waals surface area contributed by atoms with Crippen LogP contribution in [0.1, 0.15) is 33.9 Å². The topological polar surface area (TPSA) is 63.8 Å². The van der Waals surface area contributed by atoms with Gasteiger partial charge in [0.05, 0.1) is 12.2 Å². The molecule has 2 rings (SSSR count). The SMILES string of the molecule is Cc1cc(C)c(CC(NN)c2ccnnc2)c(C)c1. The summed E-state index contributed by atoms with van der Waals surface area (Å²) in [4.78, 5) is 0. The molecule has 1 unspecified atom stereocenters. The average molecular weight is 256 g/mol. The van der Waals surface area contributed by atoms with E-state index in [1.807, 2.05) is 6.07 Å². The summed E-state index contributed by atoms with van der Waals surface area (Å²) in [6, 6.07) is 6.41. The Hall–Kier alpha value is -1.78. The number of nitrogens with zero attached hydrogens (tertiary/aromatic N) is 2. The second-order valence-electron chi connectivity index (χ2n) is 4.98. The first-order valence-electron chi connectivity index (χ1n) is 6.41. The van der Waals surface area contributed by atoms with Crippen LogP contribution in [-0.2, 0) is 6.42 Å². The Kier molecular flexibility index (Phi) is 4.24. The van der Waals surface area contributed by atoms with Crippen molar-refractivity contribution in [1.82, 2.24) is 15.6 Å². The lowest BCUT2D eigenvalue weighted by atomic mass is 9.92. The van der Waals surface area contributed by atoms with Crippen molar-refractivity contribution in [1.29, 1.82) is 0 Å². The minimum absolute atomic E-state index is 0.0515. The molecular weight excluding hydrogens is 236 g/mol. The van der Waals surface area contributed by atoms with Crippen LogP contribution in [0.25, 0.3) is 0 Å². The van der Waals surface area contributed by atoms with E-state index in [1.165, 1.54) is 22.3 Å². The van der Waals surface area contributed by atoms with Gasteiger partial charge < -0.3 is 0 Å². The summed E-state index contributed by atoms with van der Waals surface area (Å²) < 4.78 is 0. The predicted octanol–water partition coefficient (Wildman–Crippen LogP) is 2.15. The van der Waals surface area contributed by atoms with E-state index >= 15 is 0 Å². The molecule has 1 aromatic heterocycles. The van der Waals surface area contributed by atoms with Gasteiger partial charge in [0.1, 0.15) is 0 Å². The molecule has 3 N–H and O–H groups in total. The molecule has 0 spiro atoms. The summed E-state index contributed by atoms with van der Waals surface area (Å²) in [7, 11) is 0. The summed E-state index contributed by atoms with van der Waals surface area (Å²) in [5, 5.41) is 7.71. The Morgan fingerprint density at radius 2 is 1.84 bits per heavy atom. The van der Waals surface area contributed by atoms with Crippen LogP contribution in [0.3, 0.4) is 0 Å².